The monoisotopic (exact) mass is 414 g/mol. The van der Waals surface area contributed by atoms with Gasteiger partial charge in [0.2, 0.25) is 5.95 Å². The lowest BCUT2D eigenvalue weighted by molar-refractivity contribution is 0.350. The lowest BCUT2D eigenvalue weighted by atomic mass is 9.92. The van der Waals surface area contributed by atoms with E-state index in [2.05, 4.69) is 33.5 Å². The predicted octanol–water partition coefficient (Wildman–Crippen LogP) is 4.69. The molecule has 142 valence electrons. The molecular weight excluding hydrogens is 391 g/mol. The first kappa shape index (κ1) is 18.5. The van der Waals surface area contributed by atoms with Crippen LogP contribution in [-0.4, -0.2) is 37.9 Å². The zero-order valence-electron chi connectivity index (χ0n) is 15.1. The highest BCUT2D eigenvalue weighted by Crippen LogP contribution is 2.54. The summed E-state index contributed by atoms with van der Waals surface area (Å²) in [5.74, 6) is 4.33. The highest BCUT2D eigenvalue weighted by atomic mass is 35.5. The van der Waals surface area contributed by atoms with Gasteiger partial charge in [-0.3, -0.25) is 4.57 Å². The second-order valence-electron chi connectivity index (χ2n) is 7.77. The molecule has 2 fully saturated rings. The van der Waals surface area contributed by atoms with Crippen LogP contribution in [0.15, 0.2) is 28.0 Å². The first-order valence-electron chi connectivity index (χ1n) is 9.13. The third kappa shape index (κ3) is 4.02. The zero-order chi connectivity index (χ0) is 18.3. The minimum atomic E-state index is -0.556. The maximum atomic E-state index is 6.17. The number of rotatable bonds is 6. The lowest BCUT2D eigenvalue weighted by Gasteiger charge is -2.35. The van der Waals surface area contributed by atoms with E-state index >= 15 is 0 Å². The number of hydrogen-bond donors (Lipinski definition) is 0. The molecule has 2 aliphatic rings. The van der Waals surface area contributed by atoms with Crippen molar-refractivity contribution in [3.8, 4) is 0 Å². The summed E-state index contributed by atoms with van der Waals surface area (Å²) >= 11 is 14.0. The van der Waals surface area contributed by atoms with Crippen molar-refractivity contribution in [3.63, 3.8) is 0 Å². The molecule has 8 heteroatoms. The largest absolute Gasteiger partial charge is 0.467 e. The Morgan fingerprint density at radius 1 is 1.27 bits per heavy atom. The minimum Gasteiger partial charge on any atom is -0.467 e. The second kappa shape index (κ2) is 7.28. The van der Waals surface area contributed by atoms with Crippen molar-refractivity contribution in [2.45, 2.75) is 42.7 Å². The van der Waals surface area contributed by atoms with Crippen molar-refractivity contribution in [2.75, 3.05) is 23.7 Å². The van der Waals surface area contributed by atoms with Gasteiger partial charge in [-0.05, 0) is 36.8 Å². The van der Waals surface area contributed by atoms with Crippen molar-refractivity contribution >= 4 is 40.9 Å². The second-order valence-corrected chi connectivity index (χ2v) is 10.3. The van der Waals surface area contributed by atoms with E-state index in [0.717, 1.165) is 42.1 Å². The molecule has 1 aliphatic carbocycles. The third-order valence-electron chi connectivity index (χ3n) is 5.11. The number of aromatic nitrogens is 3. The number of piperidine rings is 1. The molecule has 26 heavy (non-hydrogen) atoms. The van der Waals surface area contributed by atoms with E-state index in [1.165, 1.54) is 6.42 Å². The van der Waals surface area contributed by atoms with Crippen LogP contribution in [0.25, 0.3) is 0 Å². The Kier molecular flexibility index (Phi) is 5.19. The maximum absolute atomic E-state index is 6.17. The number of furan rings is 1. The van der Waals surface area contributed by atoms with Crippen LogP contribution in [0.2, 0.25) is 0 Å². The van der Waals surface area contributed by atoms with Crippen LogP contribution in [0, 0.1) is 17.8 Å². The van der Waals surface area contributed by atoms with Gasteiger partial charge in [-0.25, -0.2) is 0 Å². The molecule has 0 N–H and O–H groups in total. The summed E-state index contributed by atoms with van der Waals surface area (Å²) < 4.78 is 7.18. The van der Waals surface area contributed by atoms with Crippen LogP contribution in [0.5, 0.6) is 0 Å². The van der Waals surface area contributed by atoms with Crippen LogP contribution in [0.3, 0.4) is 0 Å². The maximum Gasteiger partial charge on any atom is 0.228 e. The van der Waals surface area contributed by atoms with Gasteiger partial charge in [0.15, 0.2) is 5.16 Å². The third-order valence-corrected chi connectivity index (χ3v) is 7.17. The molecule has 0 bridgehead atoms. The topological polar surface area (TPSA) is 47.1 Å². The minimum absolute atomic E-state index is 0.322. The van der Waals surface area contributed by atoms with Gasteiger partial charge in [-0.2, -0.15) is 0 Å². The van der Waals surface area contributed by atoms with Gasteiger partial charge in [0.25, 0.3) is 0 Å². The molecule has 4 rings (SSSR count). The summed E-state index contributed by atoms with van der Waals surface area (Å²) in [5.41, 5.74) is 0. The van der Waals surface area contributed by atoms with Crippen LogP contribution in [-0.2, 0) is 6.54 Å². The molecule has 0 amide bonds. The Morgan fingerprint density at radius 2 is 2.00 bits per heavy atom. The van der Waals surface area contributed by atoms with Gasteiger partial charge in [0.05, 0.1) is 12.8 Å². The van der Waals surface area contributed by atoms with Crippen LogP contribution >= 0.6 is 35.0 Å². The molecule has 2 aromatic rings. The Morgan fingerprint density at radius 3 is 2.62 bits per heavy atom. The average Bonchev–Trinajstić information content (AvgIpc) is 2.98. The van der Waals surface area contributed by atoms with E-state index in [-0.39, 0.29) is 0 Å². The van der Waals surface area contributed by atoms with Crippen molar-refractivity contribution in [1.29, 1.82) is 0 Å². The molecule has 1 saturated heterocycles. The molecule has 0 unspecified atom stereocenters. The Labute approximate surface area is 168 Å². The predicted molar refractivity (Wildman–Crippen MR) is 106 cm³/mol. The van der Waals surface area contributed by atoms with Gasteiger partial charge in [-0.15, -0.1) is 33.4 Å². The SMILES string of the molecule is C[C@@H]1C[C@H](C)CN(c2nnc(SC[C@H]3CC3(Cl)Cl)n2Cc2ccco2)C1. The number of nitrogens with zero attached hydrogens (tertiary/aromatic N) is 4. The molecule has 0 radical (unpaired) electrons. The van der Waals surface area contributed by atoms with Gasteiger partial charge in [0, 0.05) is 24.8 Å². The number of thioether (sulfide) groups is 1. The van der Waals surface area contributed by atoms with Crippen LogP contribution in [0.4, 0.5) is 5.95 Å². The number of anilines is 1. The summed E-state index contributed by atoms with van der Waals surface area (Å²) in [6, 6.07) is 3.90. The summed E-state index contributed by atoms with van der Waals surface area (Å²) in [4.78, 5) is 2.36. The number of hydrogen-bond acceptors (Lipinski definition) is 5. The van der Waals surface area contributed by atoms with E-state index in [4.69, 9.17) is 27.6 Å². The van der Waals surface area contributed by atoms with Gasteiger partial charge >= 0.3 is 0 Å². The van der Waals surface area contributed by atoms with Crippen molar-refractivity contribution in [2.24, 2.45) is 17.8 Å². The molecular formula is C18H24Cl2N4OS. The van der Waals surface area contributed by atoms with Gasteiger partial charge in [0.1, 0.15) is 10.1 Å². The van der Waals surface area contributed by atoms with Crippen LogP contribution in [0.1, 0.15) is 32.4 Å². The Balaban J connectivity index is 1.56. The van der Waals surface area contributed by atoms with E-state index < -0.39 is 4.33 Å². The highest BCUT2D eigenvalue weighted by molar-refractivity contribution is 7.99. The smallest absolute Gasteiger partial charge is 0.228 e. The first-order valence-corrected chi connectivity index (χ1v) is 10.9. The Hall–Kier alpha value is -0.850. The molecule has 3 atom stereocenters. The van der Waals surface area contributed by atoms with E-state index in [9.17, 15) is 0 Å². The number of halogens is 2. The molecule has 5 nitrogen and oxygen atoms in total. The van der Waals surface area contributed by atoms with E-state index in [0.29, 0.717) is 24.3 Å². The lowest BCUT2D eigenvalue weighted by Crippen LogP contribution is -2.40. The fourth-order valence-corrected chi connectivity index (χ4v) is 5.63. The standard InChI is InChI=1S/C18H24Cl2N4OS/c1-12-6-13(2)9-23(8-12)16-21-22-17(26-11-14-7-18(14,19)20)24(16)10-15-4-3-5-25-15/h3-5,12-14H,6-11H2,1-2H3/t12-,13+,14-/m1/s1. The fraction of sp³-hybridized carbons (Fsp3) is 0.667. The van der Waals surface area contributed by atoms with Crippen molar-refractivity contribution in [1.82, 2.24) is 14.8 Å². The van der Waals surface area contributed by atoms with E-state index in [1.807, 2.05) is 12.1 Å². The Bertz CT molecular complexity index is 738. The summed E-state index contributed by atoms with van der Waals surface area (Å²) in [6.45, 7) is 7.27. The average molecular weight is 415 g/mol. The fourth-order valence-electron chi connectivity index (χ4n) is 3.77. The normalized spacial score (nSPS) is 27.7. The van der Waals surface area contributed by atoms with Crippen molar-refractivity contribution < 1.29 is 4.42 Å². The highest BCUT2D eigenvalue weighted by Gasteiger charge is 2.51. The van der Waals surface area contributed by atoms with Gasteiger partial charge < -0.3 is 9.32 Å². The molecule has 0 spiro atoms. The zero-order valence-corrected chi connectivity index (χ0v) is 17.4. The van der Waals surface area contributed by atoms with Crippen LogP contribution < -0.4 is 4.90 Å². The molecule has 1 saturated carbocycles. The van der Waals surface area contributed by atoms with Gasteiger partial charge in [-0.1, -0.05) is 25.6 Å². The first-order chi connectivity index (χ1) is 12.4. The summed E-state index contributed by atoms with van der Waals surface area (Å²) in [7, 11) is 0. The number of alkyl halides is 2. The molecule has 1 aliphatic heterocycles. The quantitative estimate of drug-likeness (QED) is 0.506. The summed E-state index contributed by atoms with van der Waals surface area (Å²) in [6.07, 6.45) is 3.82. The molecule has 0 aromatic carbocycles. The van der Waals surface area contributed by atoms with Crippen molar-refractivity contribution in [3.05, 3.63) is 24.2 Å². The van der Waals surface area contributed by atoms with E-state index in [1.54, 1.807) is 18.0 Å². The molecule has 3 heterocycles. The summed E-state index contributed by atoms with van der Waals surface area (Å²) in [5, 5.41) is 9.91. The molecule has 2 aromatic heterocycles.